The molecule has 0 aliphatic carbocycles. The third kappa shape index (κ3) is 3.39. The Balaban J connectivity index is 2.25. The van der Waals surface area contributed by atoms with Crippen LogP contribution < -0.4 is 0 Å². The fourth-order valence-electron chi connectivity index (χ4n) is 1.65. The highest BCUT2D eigenvalue weighted by Gasteiger charge is 2.14. The number of carbonyl (C=O) groups excluding carboxylic acids is 1. The predicted molar refractivity (Wildman–Crippen MR) is 73.5 cm³/mol. The second-order valence-electron chi connectivity index (χ2n) is 3.96. The van der Waals surface area contributed by atoms with Crippen molar-refractivity contribution < 1.29 is 13.6 Å². The number of hydrogen-bond donors (Lipinski definition) is 0. The van der Waals surface area contributed by atoms with Gasteiger partial charge in [-0.15, -0.1) is 0 Å². The van der Waals surface area contributed by atoms with Crippen LogP contribution in [0.4, 0.5) is 8.78 Å². The highest BCUT2D eigenvalue weighted by atomic mass is 79.9. The number of hydrogen-bond acceptors (Lipinski definition) is 1. The molecule has 19 heavy (non-hydrogen) atoms. The van der Waals surface area contributed by atoms with Crippen molar-refractivity contribution in [1.29, 1.82) is 0 Å². The van der Waals surface area contributed by atoms with Crippen LogP contribution in [0.2, 0.25) is 5.02 Å². The summed E-state index contributed by atoms with van der Waals surface area (Å²) in [6.45, 7) is 0. The summed E-state index contributed by atoms with van der Waals surface area (Å²) in [5.74, 6) is -1.68. The van der Waals surface area contributed by atoms with E-state index in [0.717, 1.165) is 6.07 Å². The van der Waals surface area contributed by atoms with Gasteiger partial charge in [0, 0.05) is 15.9 Å². The summed E-state index contributed by atoms with van der Waals surface area (Å²) < 4.78 is 27.7. The molecule has 0 bridgehead atoms. The molecular formula is C14H8BrClF2O. The molecule has 0 atom stereocenters. The van der Waals surface area contributed by atoms with Crippen LogP contribution in [0.25, 0.3) is 0 Å². The molecule has 0 unspecified atom stereocenters. The number of ketones is 1. The Bertz CT molecular complexity index is 643. The lowest BCUT2D eigenvalue weighted by Gasteiger charge is -2.05. The minimum absolute atomic E-state index is 0.0578. The highest BCUT2D eigenvalue weighted by Crippen LogP contribution is 2.19. The summed E-state index contributed by atoms with van der Waals surface area (Å²) in [7, 11) is 0. The lowest BCUT2D eigenvalue weighted by molar-refractivity contribution is 0.0988. The van der Waals surface area contributed by atoms with Crippen LogP contribution in [0.15, 0.2) is 40.9 Å². The van der Waals surface area contributed by atoms with Crippen LogP contribution >= 0.6 is 27.5 Å². The van der Waals surface area contributed by atoms with Gasteiger partial charge < -0.3 is 0 Å². The molecule has 0 aromatic heterocycles. The molecule has 0 aliphatic heterocycles. The van der Waals surface area contributed by atoms with Crippen LogP contribution in [0, 0.1) is 11.6 Å². The van der Waals surface area contributed by atoms with Crippen molar-refractivity contribution in [3.8, 4) is 0 Å². The summed E-state index contributed by atoms with van der Waals surface area (Å²) in [5, 5.41) is 0.253. The van der Waals surface area contributed by atoms with Crippen molar-refractivity contribution >= 4 is 33.3 Å². The van der Waals surface area contributed by atoms with Crippen LogP contribution in [0.3, 0.4) is 0 Å². The molecule has 0 saturated carbocycles. The summed E-state index contributed by atoms with van der Waals surface area (Å²) in [5.41, 5.74) is 0.134. The van der Waals surface area contributed by atoms with E-state index >= 15 is 0 Å². The minimum Gasteiger partial charge on any atom is -0.294 e. The highest BCUT2D eigenvalue weighted by molar-refractivity contribution is 9.10. The molecule has 0 N–H and O–H groups in total. The van der Waals surface area contributed by atoms with E-state index in [4.69, 9.17) is 11.6 Å². The standard InChI is InChI=1S/C14H8BrClF2O/c15-9-2-4-11(13(18)6-9)14(19)5-8-1-3-10(16)7-12(8)17/h1-4,6-7H,5H2. The minimum atomic E-state index is -0.631. The van der Waals surface area contributed by atoms with Crippen LogP contribution in [-0.2, 0) is 6.42 Å². The second kappa shape index (κ2) is 5.80. The first-order valence-corrected chi connectivity index (χ1v) is 6.56. The number of benzene rings is 2. The first kappa shape index (κ1) is 14.2. The SMILES string of the molecule is O=C(Cc1ccc(Cl)cc1F)c1ccc(Br)cc1F. The zero-order valence-corrected chi connectivity index (χ0v) is 11.9. The summed E-state index contributed by atoms with van der Waals surface area (Å²) in [6.07, 6.45) is -0.207. The van der Waals surface area contributed by atoms with Gasteiger partial charge >= 0.3 is 0 Å². The van der Waals surface area contributed by atoms with Crippen molar-refractivity contribution in [2.45, 2.75) is 6.42 Å². The van der Waals surface area contributed by atoms with E-state index in [0.29, 0.717) is 4.47 Å². The maximum atomic E-state index is 13.6. The Kier molecular flexibility index (Phi) is 4.32. The van der Waals surface area contributed by atoms with E-state index in [1.807, 2.05) is 0 Å². The molecule has 5 heteroatoms. The zero-order valence-electron chi connectivity index (χ0n) is 9.59. The lowest BCUT2D eigenvalue weighted by atomic mass is 10.0. The Morgan fingerprint density at radius 2 is 1.84 bits per heavy atom. The zero-order chi connectivity index (χ0) is 14.0. The van der Waals surface area contributed by atoms with Gasteiger partial charge in [0.25, 0.3) is 0 Å². The van der Waals surface area contributed by atoms with Gasteiger partial charge in [0.05, 0.1) is 5.56 Å². The average molecular weight is 346 g/mol. The molecule has 0 heterocycles. The molecular weight excluding hydrogens is 338 g/mol. The van der Waals surface area contributed by atoms with E-state index in [1.165, 1.54) is 24.3 Å². The lowest BCUT2D eigenvalue weighted by Crippen LogP contribution is -2.07. The van der Waals surface area contributed by atoms with Gasteiger partial charge in [-0.2, -0.15) is 0 Å². The maximum Gasteiger partial charge on any atom is 0.170 e. The van der Waals surface area contributed by atoms with Gasteiger partial charge in [0.2, 0.25) is 0 Å². The van der Waals surface area contributed by atoms with Crippen LogP contribution in [-0.4, -0.2) is 5.78 Å². The van der Waals surface area contributed by atoms with Crippen molar-refractivity contribution in [1.82, 2.24) is 0 Å². The van der Waals surface area contributed by atoms with Crippen LogP contribution in [0.5, 0.6) is 0 Å². The summed E-state index contributed by atoms with van der Waals surface area (Å²) >= 11 is 8.73. The first-order chi connectivity index (χ1) is 8.97. The van der Waals surface area contributed by atoms with Gasteiger partial charge in [0.15, 0.2) is 5.78 Å². The van der Waals surface area contributed by atoms with Gasteiger partial charge in [-0.3, -0.25) is 4.79 Å². The number of rotatable bonds is 3. The molecule has 0 amide bonds. The fraction of sp³-hybridized carbons (Fsp3) is 0.0714. The molecule has 2 aromatic carbocycles. The number of halogens is 4. The van der Waals surface area contributed by atoms with Crippen molar-refractivity contribution in [2.75, 3.05) is 0 Å². The van der Waals surface area contributed by atoms with E-state index in [9.17, 15) is 13.6 Å². The van der Waals surface area contributed by atoms with Gasteiger partial charge in [-0.05, 0) is 35.9 Å². The quantitative estimate of drug-likeness (QED) is 0.730. The summed E-state index contributed by atoms with van der Waals surface area (Å²) in [4.78, 5) is 11.9. The summed E-state index contributed by atoms with van der Waals surface area (Å²) in [6, 6.07) is 8.18. The third-order valence-electron chi connectivity index (χ3n) is 2.60. The molecule has 0 spiro atoms. The molecule has 98 valence electrons. The van der Waals surface area contributed by atoms with E-state index in [-0.39, 0.29) is 22.6 Å². The van der Waals surface area contributed by atoms with Crippen LogP contribution in [0.1, 0.15) is 15.9 Å². The van der Waals surface area contributed by atoms with Gasteiger partial charge in [-0.1, -0.05) is 33.6 Å². The smallest absolute Gasteiger partial charge is 0.170 e. The molecule has 0 fully saturated rings. The fourth-order valence-corrected chi connectivity index (χ4v) is 2.14. The van der Waals surface area contributed by atoms with E-state index in [1.54, 1.807) is 6.07 Å². The Hall–Kier alpha value is -1.26. The molecule has 0 saturated heterocycles. The molecule has 1 nitrogen and oxygen atoms in total. The normalized spacial score (nSPS) is 10.5. The van der Waals surface area contributed by atoms with Crippen molar-refractivity contribution in [3.05, 3.63) is 68.7 Å². The number of Topliss-reactive ketones (excluding diaryl/α,β-unsaturated/α-hetero) is 1. The van der Waals surface area contributed by atoms with E-state index < -0.39 is 17.4 Å². The monoisotopic (exact) mass is 344 g/mol. The maximum absolute atomic E-state index is 13.6. The third-order valence-corrected chi connectivity index (χ3v) is 3.33. The molecule has 0 aliphatic rings. The number of carbonyl (C=O) groups is 1. The van der Waals surface area contributed by atoms with Crippen molar-refractivity contribution in [3.63, 3.8) is 0 Å². The first-order valence-electron chi connectivity index (χ1n) is 5.39. The van der Waals surface area contributed by atoms with Crippen molar-refractivity contribution in [2.24, 2.45) is 0 Å². The largest absolute Gasteiger partial charge is 0.294 e. The molecule has 2 aromatic rings. The predicted octanol–water partition coefficient (Wildman–Crippen LogP) is 4.81. The average Bonchev–Trinajstić information content (AvgIpc) is 2.32. The Morgan fingerprint density at radius 3 is 2.47 bits per heavy atom. The Morgan fingerprint density at radius 1 is 1.11 bits per heavy atom. The Labute approximate surface area is 122 Å². The van der Waals surface area contributed by atoms with Gasteiger partial charge in [0.1, 0.15) is 11.6 Å². The molecule has 2 rings (SSSR count). The topological polar surface area (TPSA) is 17.1 Å². The second-order valence-corrected chi connectivity index (χ2v) is 5.31. The van der Waals surface area contributed by atoms with E-state index in [2.05, 4.69) is 15.9 Å². The molecule has 0 radical (unpaired) electrons. The van der Waals surface area contributed by atoms with Gasteiger partial charge in [-0.25, -0.2) is 8.78 Å².